The third-order valence-electron chi connectivity index (χ3n) is 13.2. The van der Waals surface area contributed by atoms with E-state index in [1.807, 2.05) is 24.3 Å². The molecule has 0 unspecified atom stereocenters. The second kappa shape index (κ2) is 13.1. The lowest BCUT2D eigenvalue weighted by atomic mass is 9.67. The van der Waals surface area contributed by atoms with Crippen molar-refractivity contribution < 1.29 is 0 Å². The predicted octanol–water partition coefficient (Wildman–Crippen LogP) is 13.7. The number of aromatic nitrogens is 3. The van der Waals surface area contributed by atoms with Gasteiger partial charge in [-0.1, -0.05) is 179 Å². The molecule has 1 saturated carbocycles. The molecule has 1 spiro atoms. The van der Waals surface area contributed by atoms with Gasteiger partial charge in [-0.2, -0.15) is 0 Å². The van der Waals surface area contributed by atoms with Crippen molar-refractivity contribution in [2.24, 2.45) is 0 Å². The Labute approximate surface area is 335 Å². The van der Waals surface area contributed by atoms with Crippen LogP contribution in [0.3, 0.4) is 0 Å². The first-order valence-corrected chi connectivity index (χ1v) is 20.5. The molecule has 0 bridgehead atoms. The standard InChI is InChI=1S/C54H43N3/c1-53(2)46-19-11-10-18-42(46)44-34-49-45(33-47(44)53)43-29-28-41(32-48(43)54(49)30-12-5-13-31-54)37-22-26-40(27-23-37)52-56-50(38-16-8-4-9-17-38)55-51(57-52)39-24-20-36(21-25-39)35-14-6-3-7-15-35/h3-4,6-11,14-29,32-34H,5,12-13,30-31H2,1-2H3. The maximum atomic E-state index is 5.06. The van der Waals surface area contributed by atoms with E-state index in [0.717, 1.165) is 22.3 Å². The molecule has 57 heavy (non-hydrogen) atoms. The molecule has 0 aliphatic heterocycles. The van der Waals surface area contributed by atoms with Crippen LogP contribution >= 0.6 is 0 Å². The van der Waals surface area contributed by atoms with E-state index in [2.05, 4.69) is 153 Å². The van der Waals surface area contributed by atoms with Crippen LogP contribution in [0.15, 0.2) is 164 Å². The van der Waals surface area contributed by atoms with E-state index < -0.39 is 0 Å². The normalized spacial score (nSPS) is 15.5. The highest BCUT2D eigenvalue weighted by molar-refractivity contribution is 5.91. The SMILES string of the molecule is CC1(C)c2ccccc2-c2cc3c(cc21)-c1ccc(-c2ccc(-c4nc(-c5ccccc5)nc(-c5ccc(-c6ccccc6)cc5)n4)cc2)cc1C31CCCCC1. The Hall–Kier alpha value is -6.45. The van der Waals surface area contributed by atoms with Gasteiger partial charge in [-0.25, -0.2) is 15.0 Å². The number of rotatable bonds is 5. The zero-order chi connectivity index (χ0) is 38.1. The van der Waals surface area contributed by atoms with Crippen molar-refractivity contribution in [1.82, 2.24) is 15.0 Å². The van der Waals surface area contributed by atoms with Gasteiger partial charge in [0, 0.05) is 27.5 Å². The number of nitrogens with zero attached hydrogens (tertiary/aromatic N) is 3. The fourth-order valence-electron chi connectivity index (χ4n) is 10.2. The topological polar surface area (TPSA) is 38.7 Å². The maximum absolute atomic E-state index is 5.06. The predicted molar refractivity (Wildman–Crippen MR) is 234 cm³/mol. The lowest BCUT2D eigenvalue weighted by Gasteiger charge is -2.36. The molecule has 3 aliphatic carbocycles. The van der Waals surface area contributed by atoms with Crippen LogP contribution in [0.25, 0.3) is 78.7 Å². The first kappa shape index (κ1) is 33.9. The molecule has 11 rings (SSSR count). The Morgan fingerprint density at radius 2 is 0.754 bits per heavy atom. The van der Waals surface area contributed by atoms with Crippen LogP contribution in [-0.2, 0) is 10.8 Å². The molecule has 1 aromatic heterocycles. The summed E-state index contributed by atoms with van der Waals surface area (Å²) >= 11 is 0. The van der Waals surface area contributed by atoms with Crippen molar-refractivity contribution in [3.05, 3.63) is 186 Å². The number of fused-ring (bicyclic) bond motifs is 8. The molecule has 1 heterocycles. The first-order chi connectivity index (χ1) is 28.0. The molecule has 3 nitrogen and oxygen atoms in total. The van der Waals surface area contributed by atoms with E-state index in [0.29, 0.717) is 17.5 Å². The van der Waals surface area contributed by atoms with Crippen molar-refractivity contribution in [3.63, 3.8) is 0 Å². The van der Waals surface area contributed by atoms with Crippen LogP contribution in [0.2, 0.25) is 0 Å². The van der Waals surface area contributed by atoms with Gasteiger partial charge >= 0.3 is 0 Å². The van der Waals surface area contributed by atoms with Crippen LogP contribution in [0.1, 0.15) is 68.2 Å². The second-order valence-electron chi connectivity index (χ2n) is 16.7. The fourth-order valence-corrected chi connectivity index (χ4v) is 10.2. The molecule has 1 fully saturated rings. The number of hydrogen-bond donors (Lipinski definition) is 0. The van der Waals surface area contributed by atoms with Gasteiger partial charge in [0.05, 0.1) is 0 Å². The third-order valence-corrected chi connectivity index (χ3v) is 13.2. The Balaban J connectivity index is 0.965. The summed E-state index contributed by atoms with van der Waals surface area (Å²) in [4.78, 5) is 15.1. The van der Waals surface area contributed by atoms with Gasteiger partial charge in [0.25, 0.3) is 0 Å². The summed E-state index contributed by atoms with van der Waals surface area (Å²) in [5.41, 5.74) is 19.4. The van der Waals surface area contributed by atoms with Gasteiger partial charge in [0.2, 0.25) is 0 Å². The smallest absolute Gasteiger partial charge is 0.164 e. The Kier molecular flexibility index (Phi) is 7.76. The molecule has 0 atom stereocenters. The van der Waals surface area contributed by atoms with E-state index in [9.17, 15) is 0 Å². The maximum Gasteiger partial charge on any atom is 0.164 e. The molecule has 3 heteroatoms. The molecule has 3 aliphatic rings. The van der Waals surface area contributed by atoms with E-state index in [-0.39, 0.29) is 10.8 Å². The molecule has 7 aromatic carbocycles. The summed E-state index contributed by atoms with van der Waals surface area (Å²) in [5.74, 6) is 2.00. The van der Waals surface area contributed by atoms with E-state index in [1.54, 1.807) is 5.56 Å². The fraction of sp³-hybridized carbons (Fsp3) is 0.167. The largest absolute Gasteiger partial charge is 0.208 e. The second-order valence-corrected chi connectivity index (χ2v) is 16.7. The summed E-state index contributed by atoms with van der Waals surface area (Å²) in [6.45, 7) is 4.79. The Morgan fingerprint density at radius 1 is 0.333 bits per heavy atom. The highest BCUT2D eigenvalue weighted by atomic mass is 15.0. The van der Waals surface area contributed by atoms with Gasteiger partial charge in [-0.3, -0.25) is 0 Å². The molecule has 0 saturated heterocycles. The zero-order valence-corrected chi connectivity index (χ0v) is 32.5. The lowest BCUT2D eigenvalue weighted by molar-refractivity contribution is 0.353. The highest BCUT2D eigenvalue weighted by Gasteiger charge is 2.46. The van der Waals surface area contributed by atoms with Crippen molar-refractivity contribution >= 4 is 0 Å². The Morgan fingerprint density at radius 3 is 1.39 bits per heavy atom. The first-order valence-electron chi connectivity index (χ1n) is 20.5. The minimum absolute atomic E-state index is 0.0146. The molecule has 0 radical (unpaired) electrons. The van der Waals surface area contributed by atoms with E-state index >= 15 is 0 Å². The van der Waals surface area contributed by atoms with E-state index in [1.165, 1.54) is 87.7 Å². The molecular weight excluding hydrogens is 691 g/mol. The van der Waals surface area contributed by atoms with Crippen LogP contribution in [-0.4, -0.2) is 15.0 Å². The van der Waals surface area contributed by atoms with Crippen molar-refractivity contribution in [3.8, 4) is 78.7 Å². The van der Waals surface area contributed by atoms with Gasteiger partial charge in [0.1, 0.15) is 0 Å². The molecule has 0 amide bonds. The van der Waals surface area contributed by atoms with Crippen molar-refractivity contribution in [1.29, 1.82) is 0 Å². The number of benzene rings is 7. The van der Waals surface area contributed by atoms with Gasteiger partial charge in [-0.05, 0) is 97.8 Å². The summed E-state index contributed by atoms with van der Waals surface area (Å²) in [6, 6.07) is 59.4. The summed E-state index contributed by atoms with van der Waals surface area (Å²) in [7, 11) is 0. The van der Waals surface area contributed by atoms with Crippen LogP contribution < -0.4 is 0 Å². The van der Waals surface area contributed by atoms with Gasteiger partial charge in [0.15, 0.2) is 17.5 Å². The summed E-state index contributed by atoms with van der Waals surface area (Å²) < 4.78 is 0. The van der Waals surface area contributed by atoms with Crippen LogP contribution in [0, 0.1) is 0 Å². The molecule has 274 valence electrons. The third kappa shape index (κ3) is 5.44. The average Bonchev–Trinajstić information content (AvgIpc) is 3.66. The lowest BCUT2D eigenvalue weighted by Crippen LogP contribution is -2.28. The summed E-state index contributed by atoms with van der Waals surface area (Å²) in [5, 5.41) is 0. The monoisotopic (exact) mass is 733 g/mol. The van der Waals surface area contributed by atoms with E-state index in [4.69, 9.17) is 15.0 Å². The quantitative estimate of drug-likeness (QED) is 0.177. The summed E-state index contributed by atoms with van der Waals surface area (Å²) in [6.07, 6.45) is 6.28. The van der Waals surface area contributed by atoms with Crippen molar-refractivity contribution in [2.45, 2.75) is 56.8 Å². The van der Waals surface area contributed by atoms with Gasteiger partial charge in [-0.15, -0.1) is 0 Å². The Bertz CT molecular complexity index is 2810. The molecule has 8 aromatic rings. The highest BCUT2D eigenvalue weighted by Crippen LogP contribution is 2.60. The molecular formula is C54H43N3. The van der Waals surface area contributed by atoms with Crippen molar-refractivity contribution in [2.75, 3.05) is 0 Å². The average molecular weight is 734 g/mol. The zero-order valence-electron chi connectivity index (χ0n) is 32.5. The van der Waals surface area contributed by atoms with Gasteiger partial charge < -0.3 is 0 Å². The van der Waals surface area contributed by atoms with Crippen LogP contribution in [0.4, 0.5) is 0 Å². The van der Waals surface area contributed by atoms with Crippen LogP contribution in [0.5, 0.6) is 0 Å². The molecule has 0 N–H and O–H groups in total. The number of hydrogen-bond acceptors (Lipinski definition) is 3. The minimum Gasteiger partial charge on any atom is -0.208 e. The minimum atomic E-state index is -0.0146.